The summed E-state index contributed by atoms with van der Waals surface area (Å²) in [6.45, 7) is 6.13. The number of nitrogens with zero attached hydrogens (tertiary/aromatic N) is 3. The van der Waals surface area contributed by atoms with E-state index in [2.05, 4.69) is 15.1 Å². The second-order valence-corrected chi connectivity index (χ2v) is 6.78. The van der Waals surface area contributed by atoms with Gasteiger partial charge in [-0.15, -0.1) is 0 Å². The Morgan fingerprint density at radius 3 is 2.43 bits per heavy atom. The van der Waals surface area contributed by atoms with Gasteiger partial charge < -0.3 is 10.2 Å². The monoisotopic (exact) mass is 386 g/mol. The summed E-state index contributed by atoms with van der Waals surface area (Å²) in [6, 6.07) is 11.0. The molecule has 0 saturated carbocycles. The molecule has 2 aromatic rings. The molecule has 1 heterocycles. The molecule has 0 radical (unpaired) electrons. The van der Waals surface area contributed by atoms with Crippen LogP contribution in [-0.4, -0.2) is 54.9 Å². The fourth-order valence-corrected chi connectivity index (χ4v) is 3.28. The lowest BCUT2D eigenvalue weighted by molar-refractivity contribution is -0.384. The minimum Gasteiger partial charge on any atom is -0.378 e. The summed E-state index contributed by atoms with van der Waals surface area (Å²) < 4.78 is 13.0. The molecule has 148 valence electrons. The van der Waals surface area contributed by atoms with Gasteiger partial charge in [0.15, 0.2) is 5.78 Å². The Morgan fingerprint density at radius 2 is 1.82 bits per heavy atom. The zero-order chi connectivity index (χ0) is 20.1. The number of benzene rings is 2. The number of carbonyl (C=O) groups is 1. The van der Waals surface area contributed by atoms with Crippen molar-refractivity contribution >= 4 is 22.8 Å². The van der Waals surface area contributed by atoms with Gasteiger partial charge in [0.2, 0.25) is 0 Å². The number of ketones is 1. The van der Waals surface area contributed by atoms with Crippen LogP contribution in [0.5, 0.6) is 0 Å². The molecule has 28 heavy (non-hydrogen) atoms. The molecule has 1 aliphatic heterocycles. The van der Waals surface area contributed by atoms with Gasteiger partial charge in [0.25, 0.3) is 5.69 Å². The van der Waals surface area contributed by atoms with Crippen molar-refractivity contribution in [2.45, 2.75) is 6.92 Å². The molecule has 0 amide bonds. The highest BCUT2D eigenvalue weighted by molar-refractivity contribution is 5.95. The van der Waals surface area contributed by atoms with Crippen LogP contribution in [0.25, 0.3) is 0 Å². The van der Waals surface area contributed by atoms with E-state index in [1.807, 2.05) is 0 Å². The van der Waals surface area contributed by atoms with Crippen molar-refractivity contribution in [2.75, 3.05) is 49.5 Å². The second-order valence-electron chi connectivity index (χ2n) is 6.78. The zero-order valence-electron chi connectivity index (χ0n) is 15.7. The third-order valence-electron chi connectivity index (χ3n) is 4.91. The molecule has 0 atom stereocenters. The molecule has 1 saturated heterocycles. The number of nitro groups is 1. The lowest BCUT2D eigenvalue weighted by Gasteiger charge is -2.36. The third-order valence-corrected chi connectivity index (χ3v) is 4.91. The summed E-state index contributed by atoms with van der Waals surface area (Å²) in [4.78, 5) is 26.7. The van der Waals surface area contributed by atoms with E-state index in [4.69, 9.17) is 0 Å². The average Bonchev–Trinajstić information content (AvgIpc) is 2.69. The molecule has 1 N–H and O–H groups in total. The molecule has 1 fully saturated rings. The Labute approximate surface area is 162 Å². The van der Waals surface area contributed by atoms with E-state index in [9.17, 15) is 19.3 Å². The number of hydrogen-bond acceptors (Lipinski definition) is 6. The molecule has 0 spiro atoms. The summed E-state index contributed by atoms with van der Waals surface area (Å²) in [7, 11) is 0. The van der Waals surface area contributed by atoms with Crippen molar-refractivity contribution in [3.63, 3.8) is 0 Å². The Kier molecular flexibility index (Phi) is 6.20. The third kappa shape index (κ3) is 4.83. The van der Waals surface area contributed by atoms with Gasteiger partial charge in [-0.05, 0) is 43.3 Å². The molecular formula is C20H23FN4O3. The van der Waals surface area contributed by atoms with E-state index in [-0.39, 0.29) is 17.3 Å². The van der Waals surface area contributed by atoms with Crippen LogP contribution in [0.2, 0.25) is 0 Å². The number of anilines is 2. The molecule has 8 heteroatoms. The van der Waals surface area contributed by atoms with Crippen molar-refractivity contribution < 1.29 is 14.1 Å². The van der Waals surface area contributed by atoms with E-state index in [0.29, 0.717) is 17.8 Å². The van der Waals surface area contributed by atoms with Gasteiger partial charge in [-0.2, -0.15) is 0 Å². The molecule has 0 bridgehead atoms. The molecule has 0 aromatic heterocycles. The van der Waals surface area contributed by atoms with E-state index in [1.54, 1.807) is 24.3 Å². The van der Waals surface area contributed by atoms with Gasteiger partial charge in [0, 0.05) is 56.6 Å². The number of hydrogen-bond donors (Lipinski definition) is 1. The molecule has 1 aliphatic rings. The highest BCUT2D eigenvalue weighted by Gasteiger charge is 2.19. The van der Waals surface area contributed by atoms with Crippen LogP contribution in [0, 0.1) is 15.9 Å². The summed E-state index contributed by atoms with van der Waals surface area (Å²) >= 11 is 0. The number of nitro benzene ring substituents is 1. The van der Waals surface area contributed by atoms with Crippen molar-refractivity contribution in [2.24, 2.45) is 0 Å². The van der Waals surface area contributed by atoms with E-state index in [1.165, 1.54) is 25.1 Å². The minimum atomic E-state index is -0.476. The van der Waals surface area contributed by atoms with Gasteiger partial charge >= 0.3 is 0 Å². The van der Waals surface area contributed by atoms with Gasteiger partial charge in [0.1, 0.15) is 11.5 Å². The quantitative estimate of drug-likeness (QED) is 0.447. The minimum absolute atomic E-state index is 0.0890. The maximum Gasteiger partial charge on any atom is 0.293 e. The molecule has 3 rings (SSSR count). The van der Waals surface area contributed by atoms with E-state index >= 15 is 0 Å². The first-order valence-electron chi connectivity index (χ1n) is 9.20. The van der Waals surface area contributed by atoms with Crippen LogP contribution in [0.15, 0.2) is 42.5 Å². The summed E-state index contributed by atoms with van der Waals surface area (Å²) in [5.41, 5.74) is 1.67. The molecule has 2 aromatic carbocycles. The second kappa shape index (κ2) is 8.79. The zero-order valence-corrected chi connectivity index (χ0v) is 15.7. The number of nitrogens with one attached hydrogen (secondary N) is 1. The normalized spacial score (nSPS) is 14.7. The van der Waals surface area contributed by atoms with Crippen LogP contribution in [0.3, 0.4) is 0 Å². The lowest BCUT2D eigenvalue weighted by Crippen LogP contribution is -2.47. The number of halogens is 1. The van der Waals surface area contributed by atoms with Crippen LogP contribution < -0.4 is 10.2 Å². The first kappa shape index (κ1) is 19.8. The van der Waals surface area contributed by atoms with Crippen LogP contribution in [-0.2, 0) is 0 Å². The summed E-state index contributed by atoms with van der Waals surface area (Å²) in [5.74, 6) is -0.437. The van der Waals surface area contributed by atoms with E-state index in [0.717, 1.165) is 38.4 Å². The van der Waals surface area contributed by atoms with Gasteiger partial charge in [-0.1, -0.05) is 0 Å². The maximum atomic E-state index is 13.0. The maximum absolute atomic E-state index is 13.0. The van der Waals surface area contributed by atoms with Gasteiger partial charge in [-0.3, -0.25) is 19.8 Å². The fraction of sp³-hybridized carbons (Fsp3) is 0.350. The first-order valence-corrected chi connectivity index (χ1v) is 9.20. The van der Waals surface area contributed by atoms with Crippen molar-refractivity contribution in [3.05, 3.63) is 64.0 Å². The largest absolute Gasteiger partial charge is 0.378 e. The Bertz CT molecular complexity index is 849. The summed E-state index contributed by atoms with van der Waals surface area (Å²) in [6.07, 6.45) is 0. The van der Waals surface area contributed by atoms with Crippen molar-refractivity contribution in [1.82, 2.24) is 4.90 Å². The molecule has 7 nitrogen and oxygen atoms in total. The Hall–Kier alpha value is -3.00. The van der Waals surface area contributed by atoms with E-state index < -0.39 is 4.92 Å². The highest BCUT2D eigenvalue weighted by atomic mass is 19.1. The number of piperazine rings is 1. The predicted octanol–water partition coefficient (Wildman–Crippen LogP) is 3.17. The lowest BCUT2D eigenvalue weighted by atomic mass is 10.1. The number of rotatable bonds is 7. The SMILES string of the molecule is CC(=O)c1ccc(NCCN2CCN(c3ccc(F)cc3)CC2)c([N+](=O)[O-])c1. The number of Topliss-reactive ketones (excluding diaryl/α,β-unsaturated/α-hetero) is 1. The van der Waals surface area contributed by atoms with Crippen LogP contribution >= 0.6 is 0 Å². The smallest absolute Gasteiger partial charge is 0.293 e. The number of carbonyl (C=O) groups excluding carboxylic acids is 1. The van der Waals surface area contributed by atoms with Crippen LogP contribution in [0.4, 0.5) is 21.5 Å². The Morgan fingerprint density at radius 1 is 1.14 bits per heavy atom. The average molecular weight is 386 g/mol. The first-order chi connectivity index (χ1) is 13.4. The predicted molar refractivity (Wildman–Crippen MR) is 107 cm³/mol. The highest BCUT2D eigenvalue weighted by Crippen LogP contribution is 2.25. The van der Waals surface area contributed by atoms with Gasteiger partial charge in [-0.25, -0.2) is 4.39 Å². The van der Waals surface area contributed by atoms with Crippen LogP contribution in [0.1, 0.15) is 17.3 Å². The van der Waals surface area contributed by atoms with Crippen molar-refractivity contribution in [1.29, 1.82) is 0 Å². The molecule has 0 unspecified atom stereocenters. The van der Waals surface area contributed by atoms with Crippen molar-refractivity contribution in [3.8, 4) is 0 Å². The standard InChI is InChI=1S/C20H23FN4O3/c1-15(26)16-2-7-19(20(14-16)25(27)28)22-8-9-23-10-12-24(13-11-23)18-5-3-17(21)4-6-18/h2-7,14,22H,8-13H2,1H3. The molecule has 0 aliphatic carbocycles. The summed E-state index contributed by atoms with van der Waals surface area (Å²) in [5, 5.41) is 14.4. The Balaban J connectivity index is 1.50. The topological polar surface area (TPSA) is 78.7 Å². The molecular weight excluding hydrogens is 363 g/mol. The van der Waals surface area contributed by atoms with Gasteiger partial charge in [0.05, 0.1) is 4.92 Å². The fourth-order valence-electron chi connectivity index (χ4n) is 3.28.